The van der Waals surface area contributed by atoms with E-state index in [1.54, 1.807) is 0 Å². The predicted octanol–water partition coefficient (Wildman–Crippen LogP) is 23.6. The summed E-state index contributed by atoms with van der Waals surface area (Å²) in [5.74, 6) is -0.869. The van der Waals surface area contributed by atoms with Crippen LogP contribution in [-0.4, -0.2) is 70.0 Å². The molecule has 520 valence electrons. The maximum absolute atomic E-state index is 12.9. The summed E-state index contributed by atoms with van der Waals surface area (Å²) < 4.78 is 34.3. The van der Waals surface area contributed by atoms with E-state index in [4.69, 9.17) is 18.5 Å². The molecule has 0 spiro atoms. The Morgan fingerprint density at radius 3 is 0.870 bits per heavy atom. The van der Waals surface area contributed by atoms with Crippen LogP contribution in [0.5, 0.6) is 0 Å². The zero-order valence-corrected chi connectivity index (χ0v) is 60.1. The topological polar surface area (TPSA) is 111 Å². The lowest BCUT2D eigenvalue weighted by Gasteiger charge is -2.28. The average Bonchev–Trinajstić information content (AvgIpc) is 2.14. The molecule has 0 saturated carbocycles. The Bertz CT molecular complexity index is 2210. The molecular formula is C82H134NO8P. The molecule has 0 aromatic heterocycles. The van der Waals surface area contributed by atoms with Gasteiger partial charge in [0.05, 0.1) is 27.7 Å². The molecule has 0 aliphatic rings. The van der Waals surface area contributed by atoms with Crippen molar-refractivity contribution in [2.75, 3.05) is 47.5 Å². The number of likely N-dealkylation sites (N-methyl/N-ethyl adjacent to an activating group) is 1. The van der Waals surface area contributed by atoms with Crippen molar-refractivity contribution < 1.29 is 42.1 Å². The Balaban J connectivity index is 4.14. The molecule has 0 aliphatic heterocycles. The first kappa shape index (κ1) is 87.1. The van der Waals surface area contributed by atoms with Gasteiger partial charge < -0.3 is 27.9 Å². The summed E-state index contributed by atoms with van der Waals surface area (Å²) in [6, 6.07) is 0. The van der Waals surface area contributed by atoms with Gasteiger partial charge in [-0.3, -0.25) is 14.2 Å². The molecule has 2 unspecified atom stereocenters. The normalized spacial score (nSPS) is 14.2. The molecule has 10 heteroatoms. The molecule has 0 N–H and O–H groups in total. The zero-order valence-electron chi connectivity index (χ0n) is 59.2. The number of carbonyl (C=O) groups is 2. The highest BCUT2D eigenvalue weighted by molar-refractivity contribution is 7.45. The van der Waals surface area contributed by atoms with E-state index in [-0.39, 0.29) is 26.1 Å². The quantitative estimate of drug-likeness (QED) is 0.0195. The first-order chi connectivity index (χ1) is 45.0. The number of esters is 2. The lowest BCUT2D eigenvalue weighted by molar-refractivity contribution is -0.870. The molecule has 2 atom stereocenters. The lowest BCUT2D eigenvalue weighted by Crippen LogP contribution is -2.37. The number of phosphoric acid groups is 1. The van der Waals surface area contributed by atoms with E-state index >= 15 is 0 Å². The van der Waals surface area contributed by atoms with Gasteiger partial charge in [-0.1, -0.05) is 305 Å². The summed E-state index contributed by atoms with van der Waals surface area (Å²) in [5, 5.41) is 0. The molecule has 9 nitrogen and oxygen atoms in total. The summed E-state index contributed by atoms with van der Waals surface area (Å²) in [6.45, 7) is 3.98. The Morgan fingerprint density at radius 2 is 0.587 bits per heavy atom. The molecule has 92 heavy (non-hydrogen) atoms. The summed E-state index contributed by atoms with van der Waals surface area (Å²) in [4.78, 5) is 38.1. The number of carbonyl (C=O) groups excluding carboxylic acids is 2. The van der Waals surface area contributed by atoms with Gasteiger partial charge in [-0.05, 0) is 135 Å². The largest absolute Gasteiger partial charge is 0.756 e. The Morgan fingerprint density at radius 1 is 0.337 bits per heavy atom. The summed E-state index contributed by atoms with van der Waals surface area (Å²) >= 11 is 0. The highest BCUT2D eigenvalue weighted by atomic mass is 31.2. The summed E-state index contributed by atoms with van der Waals surface area (Å²) in [6.07, 6.45) is 108. The minimum absolute atomic E-state index is 0.0449. The van der Waals surface area contributed by atoms with Crippen LogP contribution < -0.4 is 4.89 Å². The van der Waals surface area contributed by atoms with Crippen LogP contribution in [0.1, 0.15) is 271 Å². The molecule has 0 rings (SSSR count). The van der Waals surface area contributed by atoms with Gasteiger partial charge in [-0.15, -0.1) is 0 Å². The second-order valence-electron chi connectivity index (χ2n) is 24.8. The van der Waals surface area contributed by atoms with Crippen molar-refractivity contribution in [3.63, 3.8) is 0 Å². The molecule has 0 aromatic rings. The van der Waals surface area contributed by atoms with Gasteiger partial charge in [0.25, 0.3) is 7.82 Å². The molecule has 0 radical (unpaired) electrons. The fourth-order valence-corrected chi connectivity index (χ4v) is 10.1. The molecule has 0 aromatic carbocycles. The van der Waals surface area contributed by atoms with Gasteiger partial charge >= 0.3 is 11.9 Å². The molecule has 0 bridgehead atoms. The lowest BCUT2D eigenvalue weighted by atomic mass is 10.0. The van der Waals surface area contributed by atoms with Crippen molar-refractivity contribution >= 4 is 19.8 Å². The number of nitrogens with zero attached hydrogens (tertiary/aromatic N) is 1. The van der Waals surface area contributed by atoms with Gasteiger partial charge in [0, 0.05) is 12.8 Å². The number of ether oxygens (including phenoxy) is 2. The van der Waals surface area contributed by atoms with Crippen molar-refractivity contribution in [3.8, 4) is 0 Å². The van der Waals surface area contributed by atoms with Crippen LogP contribution in [0.25, 0.3) is 0 Å². The number of hydrogen-bond acceptors (Lipinski definition) is 8. The smallest absolute Gasteiger partial charge is 0.306 e. The number of rotatable bonds is 65. The van der Waals surface area contributed by atoms with E-state index in [1.807, 2.05) is 21.1 Å². The van der Waals surface area contributed by atoms with E-state index < -0.39 is 32.5 Å². The van der Waals surface area contributed by atoms with Crippen LogP contribution in [0, 0.1) is 0 Å². The third-order valence-electron chi connectivity index (χ3n) is 14.9. The number of phosphoric ester groups is 1. The Hall–Kier alpha value is -4.89. The van der Waals surface area contributed by atoms with E-state index in [0.717, 1.165) is 141 Å². The number of quaternary nitrogens is 1. The van der Waals surface area contributed by atoms with Crippen molar-refractivity contribution in [3.05, 3.63) is 182 Å². The first-order valence-corrected chi connectivity index (χ1v) is 38.0. The fraction of sp³-hybridized carbons (Fsp3) is 0.610. The van der Waals surface area contributed by atoms with E-state index in [9.17, 15) is 19.0 Å². The van der Waals surface area contributed by atoms with Gasteiger partial charge in [-0.25, -0.2) is 0 Å². The van der Waals surface area contributed by atoms with Crippen molar-refractivity contribution in [2.24, 2.45) is 0 Å². The van der Waals surface area contributed by atoms with E-state index in [1.165, 1.54) is 96.3 Å². The number of hydrogen-bond donors (Lipinski definition) is 0. The third-order valence-corrected chi connectivity index (χ3v) is 15.9. The van der Waals surface area contributed by atoms with E-state index in [0.29, 0.717) is 17.4 Å². The van der Waals surface area contributed by atoms with Gasteiger partial charge in [-0.2, -0.15) is 0 Å². The van der Waals surface area contributed by atoms with Crippen LogP contribution in [0.15, 0.2) is 182 Å². The Kier molecular flexibility index (Phi) is 66.7. The minimum atomic E-state index is -4.66. The monoisotopic (exact) mass is 1290 g/mol. The SMILES string of the molecule is CC/C=C\C/C=C\C/C=C\C/C=C\C/C=C\C/C=C\C/C=C\C/C=C\C/C=C\C/C=C\CCCCCCC(=O)OC(COC(=O)CCCCCCCCCCCCCCCCCCC/C=C\C/C=C\C/C=C\C/C=C\C/C=C\CC)COP(=O)([O-])OCC[N+](C)(C)C. The molecule has 0 heterocycles. The summed E-state index contributed by atoms with van der Waals surface area (Å²) in [5.41, 5.74) is 0. The van der Waals surface area contributed by atoms with Crippen LogP contribution in [0.3, 0.4) is 0 Å². The minimum Gasteiger partial charge on any atom is -0.756 e. The van der Waals surface area contributed by atoms with Gasteiger partial charge in [0.1, 0.15) is 19.8 Å². The van der Waals surface area contributed by atoms with Crippen LogP contribution in [-0.2, 0) is 32.7 Å². The van der Waals surface area contributed by atoms with Crippen LogP contribution in [0.2, 0.25) is 0 Å². The maximum atomic E-state index is 12.9. The van der Waals surface area contributed by atoms with Gasteiger partial charge in [0.2, 0.25) is 0 Å². The second kappa shape index (κ2) is 70.4. The molecule has 0 fully saturated rings. The van der Waals surface area contributed by atoms with Crippen molar-refractivity contribution in [1.29, 1.82) is 0 Å². The standard InChI is InChI=1S/C82H134NO8P/c1-6-8-10-12-14-16-18-20-22-24-26-28-30-32-34-36-38-40-41-43-45-47-49-51-53-55-57-59-61-63-65-67-69-71-73-75-82(85)91-80(79-90-92(86,87)89-77-76-83(3,4)5)78-88-81(84)74-72-70-68-66-64-62-60-58-56-54-52-50-48-46-44-42-39-37-35-33-31-29-27-25-23-21-19-17-15-13-11-9-7-2/h8-11,14-17,20-23,26-29,32-35,38,40,43,45,49,51,55,57,61,63,80H,6-7,12-13,18-19,24-25,30-31,36-37,39,41-42,44,46-48,50,52-54,56,58-60,62,64-79H2,1-5H3/b10-8-,11-9-,16-14-,17-15-,22-20-,23-21-,28-26-,29-27-,34-32-,35-33-,40-38-,45-43-,51-49-,57-55-,63-61-. The first-order valence-electron chi connectivity index (χ1n) is 36.5. The highest BCUT2D eigenvalue weighted by Gasteiger charge is 2.22. The molecule has 0 amide bonds. The van der Waals surface area contributed by atoms with Crippen LogP contribution in [0.4, 0.5) is 0 Å². The molecule has 0 aliphatic carbocycles. The fourth-order valence-electron chi connectivity index (χ4n) is 9.42. The molecular weight excluding hydrogens is 1160 g/mol. The molecule has 0 saturated heterocycles. The van der Waals surface area contributed by atoms with Crippen molar-refractivity contribution in [1.82, 2.24) is 0 Å². The predicted molar refractivity (Wildman–Crippen MR) is 396 cm³/mol. The zero-order chi connectivity index (χ0) is 66.9. The average molecular weight is 1290 g/mol. The van der Waals surface area contributed by atoms with Crippen molar-refractivity contribution in [2.45, 2.75) is 277 Å². The number of allylic oxidation sites excluding steroid dienone is 30. The van der Waals surface area contributed by atoms with Crippen LogP contribution >= 0.6 is 7.82 Å². The van der Waals surface area contributed by atoms with E-state index in [2.05, 4.69) is 196 Å². The Labute approximate surface area is 565 Å². The summed E-state index contributed by atoms with van der Waals surface area (Å²) in [7, 11) is 1.13. The second-order valence-corrected chi connectivity index (χ2v) is 26.2. The third kappa shape index (κ3) is 74.2. The number of unbranched alkanes of at least 4 members (excludes halogenated alkanes) is 21. The maximum Gasteiger partial charge on any atom is 0.306 e. The highest BCUT2D eigenvalue weighted by Crippen LogP contribution is 2.38. The van der Waals surface area contributed by atoms with Gasteiger partial charge in [0.15, 0.2) is 6.10 Å².